The lowest BCUT2D eigenvalue weighted by molar-refractivity contribution is -0.123. The molecule has 0 radical (unpaired) electrons. The van der Waals surface area contributed by atoms with Crippen LogP contribution in [0.2, 0.25) is 0 Å². The highest BCUT2D eigenvalue weighted by Crippen LogP contribution is 2.12. The minimum atomic E-state index is -0.429. The number of hydrogen-bond acceptors (Lipinski definition) is 5. The molecule has 18 heavy (non-hydrogen) atoms. The molecule has 0 atom stereocenters. The van der Waals surface area contributed by atoms with E-state index in [1.165, 1.54) is 0 Å². The van der Waals surface area contributed by atoms with Gasteiger partial charge in [0.05, 0.1) is 12.2 Å². The van der Waals surface area contributed by atoms with Crippen molar-refractivity contribution >= 4 is 11.9 Å². The lowest BCUT2D eigenvalue weighted by atomic mass is 10.2. The van der Waals surface area contributed by atoms with E-state index in [0.29, 0.717) is 17.9 Å². The van der Waals surface area contributed by atoms with Gasteiger partial charge in [0.15, 0.2) is 6.61 Å². The van der Waals surface area contributed by atoms with E-state index in [-0.39, 0.29) is 12.6 Å². The maximum absolute atomic E-state index is 11.5. The summed E-state index contributed by atoms with van der Waals surface area (Å²) in [4.78, 5) is 22.3. The van der Waals surface area contributed by atoms with Crippen LogP contribution in [0.15, 0.2) is 24.3 Å². The number of amides is 1. The molecular weight excluding hydrogens is 236 g/mol. The van der Waals surface area contributed by atoms with Crippen LogP contribution in [0, 0.1) is 0 Å². The summed E-state index contributed by atoms with van der Waals surface area (Å²) in [5.74, 6) is 4.58. The Morgan fingerprint density at radius 1 is 1.28 bits per heavy atom. The fraction of sp³-hybridized carbons (Fsp3) is 0.333. The second-order valence-corrected chi connectivity index (χ2v) is 3.52. The van der Waals surface area contributed by atoms with Crippen molar-refractivity contribution in [3.63, 3.8) is 0 Å². The Hall–Kier alpha value is -2.08. The van der Waals surface area contributed by atoms with E-state index >= 15 is 0 Å². The third kappa shape index (κ3) is 4.42. The molecule has 0 heterocycles. The first-order valence-electron chi connectivity index (χ1n) is 5.56. The maximum Gasteiger partial charge on any atom is 0.338 e. The van der Waals surface area contributed by atoms with Crippen LogP contribution in [-0.4, -0.2) is 25.1 Å². The van der Waals surface area contributed by atoms with Crippen molar-refractivity contribution in [1.82, 2.24) is 5.43 Å². The number of hydrogen-bond donors (Lipinski definition) is 2. The standard InChI is InChI=1S/C12H16N2O4/c1-2-7-17-12(16)9-3-5-10(6-4-9)18-8-11(15)14-13/h3-6H,2,7-8,13H2,1H3,(H,14,15). The molecule has 0 fully saturated rings. The largest absolute Gasteiger partial charge is 0.484 e. The van der Waals surface area contributed by atoms with Gasteiger partial charge in [-0.25, -0.2) is 10.6 Å². The minimum Gasteiger partial charge on any atom is -0.484 e. The Balaban J connectivity index is 2.51. The number of esters is 1. The van der Waals surface area contributed by atoms with E-state index in [1.807, 2.05) is 12.3 Å². The summed E-state index contributed by atoms with van der Waals surface area (Å²) in [6.07, 6.45) is 0.779. The molecule has 0 unspecified atom stereocenters. The molecular formula is C12H16N2O4. The van der Waals surface area contributed by atoms with Gasteiger partial charge in [0.1, 0.15) is 5.75 Å². The number of nitrogens with one attached hydrogen (secondary N) is 1. The Labute approximate surface area is 105 Å². The third-order valence-corrected chi connectivity index (χ3v) is 2.06. The van der Waals surface area contributed by atoms with E-state index in [0.717, 1.165) is 6.42 Å². The van der Waals surface area contributed by atoms with Crippen LogP contribution in [0.1, 0.15) is 23.7 Å². The highest BCUT2D eigenvalue weighted by molar-refractivity contribution is 5.89. The van der Waals surface area contributed by atoms with Gasteiger partial charge < -0.3 is 9.47 Å². The summed E-state index contributed by atoms with van der Waals surface area (Å²) in [5.41, 5.74) is 2.39. The summed E-state index contributed by atoms with van der Waals surface area (Å²) < 4.78 is 10.1. The zero-order valence-electron chi connectivity index (χ0n) is 10.1. The summed E-state index contributed by atoms with van der Waals surface area (Å²) >= 11 is 0. The normalized spacial score (nSPS) is 9.67. The number of rotatable bonds is 6. The van der Waals surface area contributed by atoms with Gasteiger partial charge in [-0.05, 0) is 30.7 Å². The smallest absolute Gasteiger partial charge is 0.338 e. The van der Waals surface area contributed by atoms with Crippen molar-refractivity contribution in [3.05, 3.63) is 29.8 Å². The SMILES string of the molecule is CCCOC(=O)c1ccc(OCC(=O)NN)cc1. The van der Waals surface area contributed by atoms with Crippen molar-refractivity contribution in [2.75, 3.05) is 13.2 Å². The van der Waals surface area contributed by atoms with Crippen molar-refractivity contribution in [3.8, 4) is 5.75 Å². The van der Waals surface area contributed by atoms with Gasteiger partial charge in [-0.15, -0.1) is 0 Å². The Kier molecular flexibility index (Phi) is 5.66. The first-order chi connectivity index (χ1) is 8.67. The Bertz CT molecular complexity index is 403. The Morgan fingerprint density at radius 2 is 1.94 bits per heavy atom. The molecule has 0 bridgehead atoms. The summed E-state index contributed by atoms with van der Waals surface area (Å²) in [6, 6.07) is 6.33. The lowest BCUT2D eigenvalue weighted by Gasteiger charge is -2.06. The Morgan fingerprint density at radius 3 is 2.50 bits per heavy atom. The molecule has 3 N–H and O–H groups in total. The van der Waals surface area contributed by atoms with E-state index in [4.69, 9.17) is 15.3 Å². The molecule has 6 nitrogen and oxygen atoms in total. The zero-order valence-corrected chi connectivity index (χ0v) is 10.1. The molecule has 98 valence electrons. The van der Waals surface area contributed by atoms with Gasteiger partial charge >= 0.3 is 5.97 Å². The van der Waals surface area contributed by atoms with E-state index in [2.05, 4.69) is 0 Å². The highest BCUT2D eigenvalue weighted by Gasteiger charge is 2.07. The summed E-state index contributed by atoms with van der Waals surface area (Å²) in [5, 5.41) is 0. The van der Waals surface area contributed by atoms with Gasteiger partial charge in [-0.2, -0.15) is 0 Å². The maximum atomic E-state index is 11.5. The van der Waals surface area contributed by atoms with Crippen LogP contribution in [0.25, 0.3) is 0 Å². The molecule has 0 saturated carbocycles. The fourth-order valence-corrected chi connectivity index (χ4v) is 1.16. The van der Waals surface area contributed by atoms with Crippen LogP contribution in [0.5, 0.6) is 5.75 Å². The van der Waals surface area contributed by atoms with Crippen LogP contribution in [0.4, 0.5) is 0 Å². The average molecular weight is 252 g/mol. The molecule has 0 aliphatic heterocycles. The number of benzene rings is 1. The molecule has 0 spiro atoms. The van der Waals surface area contributed by atoms with Gasteiger partial charge in [-0.3, -0.25) is 10.2 Å². The quantitative estimate of drug-likeness (QED) is 0.335. The first kappa shape index (κ1) is 14.0. The molecule has 6 heteroatoms. The van der Waals surface area contributed by atoms with Gasteiger partial charge in [0, 0.05) is 0 Å². The number of nitrogens with two attached hydrogens (primary N) is 1. The van der Waals surface area contributed by atoms with Crippen molar-refractivity contribution in [2.24, 2.45) is 5.84 Å². The molecule has 0 aliphatic rings. The number of carbonyl (C=O) groups is 2. The predicted molar refractivity (Wildman–Crippen MR) is 64.8 cm³/mol. The number of ether oxygens (including phenoxy) is 2. The van der Waals surface area contributed by atoms with Crippen LogP contribution in [0.3, 0.4) is 0 Å². The highest BCUT2D eigenvalue weighted by atomic mass is 16.5. The zero-order chi connectivity index (χ0) is 13.4. The lowest BCUT2D eigenvalue weighted by Crippen LogP contribution is -2.34. The number of hydrazine groups is 1. The summed E-state index contributed by atoms with van der Waals surface area (Å²) in [7, 11) is 0. The molecule has 0 saturated heterocycles. The van der Waals surface area contributed by atoms with Crippen molar-refractivity contribution < 1.29 is 19.1 Å². The topological polar surface area (TPSA) is 90.6 Å². The van der Waals surface area contributed by atoms with E-state index < -0.39 is 5.91 Å². The monoisotopic (exact) mass is 252 g/mol. The third-order valence-electron chi connectivity index (χ3n) is 2.06. The molecule has 0 aromatic heterocycles. The molecule has 1 aromatic carbocycles. The van der Waals surface area contributed by atoms with Gasteiger partial charge in [-0.1, -0.05) is 6.92 Å². The van der Waals surface area contributed by atoms with Crippen molar-refractivity contribution in [2.45, 2.75) is 13.3 Å². The second-order valence-electron chi connectivity index (χ2n) is 3.52. The predicted octanol–water partition coefficient (Wildman–Crippen LogP) is 0.622. The molecule has 1 rings (SSSR count). The fourth-order valence-electron chi connectivity index (χ4n) is 1.16. The second kappa shape index (κ2) is 7.29. The molecule has 0 aliphatic carbocycles. The summed E-state index contributed by atoms with van der Waals surface area (Å²) in [6.45, 7) is 2.15. The van der Waals surface area contributed by atoms with Gasteiger partial charge in [0.25, 0.3) is 5.91 Å². The minimum absolute atomic E-state index is 0.171. The van der Waals surface area contributed by atoms with E-state index in [9.17, 15) is 9.59 Å². The van der Waals surface area contributed by atoms with Crippen molar-refractivity contribution in [1.29, 1.82) is 0 Å². The number of carbonyl (C=O) groups excluding carboxylic acids is 2. The molecule has 1 amide bonds. The van der Waals surface area contributed by atoms with Crippen LogP contribution in [-0.2, 0) is 9.53 Å². The van der Waals surface area contributed by atoms with E-state index in [1.54, 1.807) is 24.3 Å². The van der Waals surface area contributed by atoms with Gasteiger partial charge in [0.2, 0.25) is 0 Å². The molecule has 1 aromatic rings. The van der Waals surface area contributed by atoms with Crippen LogP contribution >= 0.6 is 0 Å². The average Bonchev–Trinajstić information content (AvgIpc) is 2.42. The van der Waals surface area contributed by atoms with Crippen LogP contribution < -0.4 is 16.0 Å². The first-order valence-corrected chi connectivity index (χ1v) is 5.56.